The lowest BCUT2D eigenvalue weighted by Crippen LogP contribution is -2.14. The van der Waals surface area contributed by atoms with Crippen LogP contribution in [0.2, 0.25) is 0 Å². The molecule has 2 N–H and O–H groups in total. The number of benzene rings is 1. The summed E-state index contributed by atoms with van der Waals surface area (Å²) in [7, 11) is 0. The van der Waals surface area contributed by atoms with Crippen LogP contribution in [-0.2, 0) is 0 Å². The Morgan fingerprint density at radius 1 is 0.962 bits per heavy atom. The predicted octanol–water partition coefficient (Wildman–Crippen LogP) is 4.24. The highest BCUT2D eigenvalue weighted by Gasteiger charge is 2.20. The third-order valence-corrected chi connectivity index (χ3v) is 4.32. The van der Waals surface area contributed by atoms with Crippen molar-refractivity contribution in [3.8, 4) is 5.75 Å². The minimum absolute atomic E-state index is 0.164. The smallest absolute Gasteiger partial charge is 0.147 e. The zero-order valence-electron chi connectivity index (χ0n) is 14.3. The number of nitrogens with one attached hydrogen (secondary N) is 1. The standard InChI is InChI=1S/C21H18N4O/c1-14-8-11-23-18(12-14)25-19(16-5-2-9-22-13-16)17-7-6-15-4-3-10-24-20(15)21(17)26/h2-13,19,26H,1H3,(H,23,25)/t19-/m1/s1. The van der Waals surface area contributed by atoms with Gasteiger partial charge in [0.05, 0.1) is 6.04 Å². The summed E-state index contributed by atoms with van der Waals surface area (Å²) in [5.41, 5.74) is 3.35. The maximum atomic E-state index is 10.9. The fraction of sp³-hybridized carbons (Fsp3) is 0.0952. The van der Waals surface area contributed by atoms with E-state index < -0.39 is 0 Å². The second kappa shape index (κ2) is 6.80. The minimum atomic E-state index is -0.301. The Morgan fingerprint density at radius 2 is 1.85 bits per heavy atom. The molecule has 5 nitrogen and oxygen atoms in total. The molecule has 26 heavy (non-hydrogen) atoms. The lowest BCUT2D eigenvalue weighted by atomic mass is 9.97. The molecule has 0 saturated carbocycles. The van der Waals surface area contributed by atoms with Gasteiger partial charge in [-0.25, -0.2) is 4.98 Å². The first-order valence-corrected chi connectivity index (χ1v) is 8.38. The van der Waals surface area contributed by atoms with Gasteiger partial charge in [0.25, 0.3) is 0 Å². The minimum Gasteiger partial charge on any atom is -0.505 e. The second-order valence-corrected chi connectivity index (χ2v) is 6.16. The maximum absolute atomic E-state index is 10.9. The molecular weight excluding hydrogens is 324 g/mol. The van der Waals surface area contributed by atoms with E-state index in [1.807, 2.05) is 55.5 Å². The molecule has 128 valence electrons. The number of hydrogen-bond acceptors (Lipinski definition) is 5. The number of nitrogens with zero attached hydrogens (tertiary/aromatic N) is 3. The summed E-state index contributed by atoms with van der Waals surface area (Å²) in [4.78, 5) is 12.9. The summed E-state index contributed by atoms with van der Waals surface area (Å²) in [6.07, 6.45) is 6.96. The molecule has 4 rings (SSSR count). The van der Waals surface area contributed by atoms with Gasteiger partial charge < -0.3 is 10.4 Å². The van der Waals surface area contributed by atoms with Crippen LogP contribution in [0, 0.1) is 6.92 Å². The molecule has 0 spiro atoms. The molecule has 1 atom stereocenters. The van der Waals surface area contributed by atoms with Crippen LogP contribution in [0.3, 0.4) is 0 Å². The largest absolute Gasteiger partial charge is 0.505 e. The Morgan fingerprint density at radius 3 is 2.65 bits per heavy atom. The van der Waals surface area contributed by atoms with Crippen molar-refractivity contribution in [2.24, 2.45) is 0 Å². The number of pyridine rings is 3. The molecule has 3 aromatic heterocycles. The predicted molar refractivity (Wildman–Crippen MR) is 102 cm³/mol. The molecule has 0 fully saturated rings. The van der Waals surface area contributed by atoms with Gasteiger partial charge in [-0.3, -0.25) is 9.97 Å². The van der Waals surface area contributed by atoms with Crippen LogP contribution in [0.5, 0.6) is 5.75 Å². The number of anilines is 1. The normalized spacial score (nSPS) is 12.0. The summed E-state index contributed by atoms with van der Waals surface area (Å²) in [5, 5.41) is 15.2. The van der Waals surface area contributed by atoms with Crippen LogP contribution >= 0.6 is 0 Å². The van der Waals surface area contributed by atoms with Crippen molar-refractivity contribution in [2.75, 3.05) is 5.32 Å². The number of aromatic nitrogens is 3. The molecule has 0 saturated heterocycles. The zero-order chi connectivity index (χ0) is 17.9. The number of rotatable bonds is 4. The van der Waals surface area contributed by atoms with Crippen molar-refractivity contribution in [1.29, 1.82) is 0 Å². The summed E-state index contributed by atoms with van der Waals surface area (Å²) < 4.78 is 0. The number of aryl methyl sites for hydroxylation is 1. The lowest BCUT2D eigenvalue weighted by Gasteiger charge is -2.21. The molecule has 5 heteroatoms. The number of aromatic hydroxyl groups is 1. The summed E-state index contributed by atoms with van der Waals surface area (Å²) in [5.74, 6) is 0.900. The van der Waals surface area contributed by atoms with Crippen LogP contribution in [0.25, 0.3) is 10.9 Å². The van der Waals surface area contributed by atoms with Gasteiger partial charge in [-0.05, 0) is 42.3 Å². The van der Waals surface area contributed by atoms with Crippen molar-refractivity contribution < 1.29 is 5.11 Å². The fourth-order valence-electron chi connectivity index (χ4n) is 3.03. The van der Waals surface area contributed by atoms with Crippen LogP contribution in [0.15, 0.2) is 73.3 Å². The third kappa shape index (κ3) is 3.07. The molecule has 4 aromatic rings. The van der Waals surface area contributed by atoms with Crippen molar-refractivity contribution >= 4 is 16.7 Å². The Kier molecular flexibility index (Phi) is 4.19. The fourth-order valence-corrected chi connectivity index (χ4v) is 3.03. The quantitative estimate of drug-likeness (QED) is 0.580. The lowest BCUT2D eigenvalue weighted by molar-refractivity contribution is 0.471. The Labute approximate surface area is 151 Å². The van der Waals surface area contributed by atoms with Crippen molar-refractivity contribution in [2.45, 2.75) is 13.0 Å². The highest BCUT2D eigenvalue weighted by Crippen LogP contribution is 2.35. The van der Waals surface area contributed by atoms with Gasteiger partial charge in [-0.1, -0.05) is 24.3 Å². The van der Waals surface area contributed by atoms with E-state index in [4.69, 9.17) is 0 Å². The number of phenolic OH excluding ortho intramolecular Hbond substituents is 1. The second-order valence-electron chi connectivity index (χ2n) is 6.16. The summed E-state index contributed by atoms with van der Waals surface area (Å²) in [6, 6.07) is 15.1. The van der Waals surface area contributed by atoms with E-state index in [1.54, 1.807) is 24.8 Å². The number of phenols is 1. The molecule has 0 bridgehead atoms. The maximum Gasteiger partial charge on any atom is 0.147 e. The molecule has 0 amide bonds. The van der Waals surface area contributed by atoms with E-state index in [2.05, 4.69) is 20.3 Å². The average Bonchev–Trinajstić information content (AvgIpc) is 2.68. The summed E-state index contributed by atoms with van der Waals surface area (Å²) >= 11 is 0. The van der Waals surface area contributed by atoms with Crippen molar-refractivity contribution in [3.63, 3.8) is 0 Å². The van der Waals surface area contributed by atoms with Gasteiger partial charge >= 0.3 is 0 Å². The van der Waals surface area contributed by atoms with E-state index >= 15 is 0 Å². The van der Waals surface area contributed by atoms with Gasteiger partial charge in [-0.2, -0.15) is 0 Å². The molecule has 0 unspecified atom stereocenters. The highest BCUT2D eigenvalue weighted by molar-refractivity contribution is 5.85. The molecule has 0 aliphatic rings. The Hall–Kier alpha value is -3.47. The van der Waals surface area contributed by atoms with Crippen molar-refractivity contribution in [3.05, 3.63) is 90.0 Å². The van der Waals surface area contributed by atoms with E-state index in [-0.39, 0.29) is 11.8 Å². The first kappa shape index (κ1) is 16.0. The first-order valence-electron chi connectivity index (χ1n) is 8.38. The van der Waals surface area contributed by atoms with E-state index in [9.17, 15) is 5.11 Å². The Balaban J connectivity index is 1.84. The van der Waals surface area contributed by atoms with Crippen LogP contribution in [0.1, 0.15) is 22.7 Å². The van der Waals surface area contributed by atoms with Crippen LogP contribution in [-0.4, -0.2) is 20.1 Å². The van der Waals surface area contributed by atoms with Gasteiger partial charge in [-0.15, -0.1) is 0 Å². The van der Waals surface area contributed by atoms with Gasteiger partial charge in [0.15, 0.2) is 0 Å². The van der Waals surface area contributed by atoms with Crippen LogP contribution < -0.4 is 5.32 Å². The van der Waals surface area contributed by atoms with Gasteiger partial charge in [0, 0.05) is 35.7 Å². The van der Waals surface area contributed by atoms with Gasteiger partial charge in [0.2, 0.25) is 0 Å². The first-order chi connectivity index (χ1) is 12.7. The topological polar surface area (TPSA) is 70.9 Å². The zero-order valence-corrected chi connectivity index (χ0v) is 14.3. The van der Waals surface area contributed by atoms with E-state index in [1.165, 1.54) is 0 Å². The number of hydrogen-bond donors (Lipinski definition) is 2. The molecule has 3 heterocycles. The molecular formula is C21H18N4O. The molecule has 0 aliphatic heterocycles. The van der Waals surface area contributed by atoms with E-state index in [0.717, 1.165) is 27.9 Å². The number of fused-ring (bicyclic) bond motifs is 1. The SMILES string of the molecule is Cc1ccnc(N[C@H](c2cccnc2)c2ccc3cccnc3c2O)c1. The molecule has 1 aromatic carbocycles. The van der Waals surface area contributed by atoms with E-state index in [0.29, 0.717) is 5.52 Å². The van der Waals surface area contributed by atoms with Crippen molar-refractivity contribution in [1.82, 2.24) is 15.0 Å². The van der Waals surface area contributed by atoms with Gasteiger partial charge in [0.1, 0.15) is 17.1 Å². The van der Waals surface area contributed by atoms with Crippen LogP contribution in [0.4, 0.5) is 5.82 Å². The average molecular weight is 342 g/mol. The summed E-state index contributed by atoms with van der Waals surface area (Å²) in [6.45, 7) is 2.02. The Bertz CT molecular complexity index is 1050. The highest BCUT2D eigenvalue weighted by atomic mass is 16.3. The third-order valence-electron chi connectivity index (χ3n) is 4.32. The molecule has 0 radical (unpaired) electrons. The molecule has 0 aliphatic carbocycles. The monoisotopic (exact) mass is 342 g/mol.